The molecule has 2 aromatic carbocycles. The molecule has 2 rings (SSSR count). The number of anilines is 1. The molecule has 7 heteroatoms. The first-order valence-electron chi connectivity index (χ1n) is 7.43. The minimum Gasteiger partial charge on any atom is -0.478 e. The van der Waals surface area contributed by atoms with Crippen LogP contribution >= 0.6 is 27.5 Å². The van der Waals surface area contributed by atoms with Crippen molar-refractivity contribution in [3.63, 3.8) is 0 Å². The maximum Gasteiger partial charge on any atom is 0.347 e. The number of carbonyl (C=O) groups is 2. The van der Waals surface area contributed by atoms with E-state index in [1.54, 1.807) is 42.5 Å². The molecule has 0 aliphatic rings. The van der Waals surface area contributed by atoms with Crippen LogP contribution in [-0.4, -0.2) is 22.6 Å². The van der Waals surface area contributed by atoms with Gasteiger partial charge in [-0.1, -0.05) is 39.7 Å². The molecule has 2 N–H and O–H groups in total. The van der Waals surface area contributed by atoms with Crippen LogP contribution in [0.1, 0.15) is 19.4 Å². The van der Waals surface area contributed by atoms with E-state index < -0.39 is 11.6 Å². The van der Waals surface area contributed by atoms with Gasteiger partial charge in [-0.3, -0.25) is 4.79 Å². The highest BCUT2D eigenvalue weighted by molar-refractivity contribution is 9.10. The Labute approximate surface area is 159 Å². The largest absolute Gasteiger partial charge is 0.478 e. The van der Waals surface area contributed by atoms with Crippen LogP contribution in [0.25, 0.3) is 0 Å². The van der Waals surface area contributed by atoms with E-state index in [4.69, 9.17) is 21.4 Å². The summed E-state index contributed by atoms with van der Waals surface area (Å²) in [5, 5.41) is 12.4. The van der Waals surface area contributed by atoms with Crippen molar-refractivity contribution in [1.82, 2.24) is 0 Å². The Balaban J connectivity index is 1.98. The molecule has 25 heavy (non-hydrogen) atoms. The molecule has 1 amide bonds. The summed E-state index contributed by atoms with van der Waals surface area (Å²) in [6, 6.07) is 11.9. The van der Waals surface area contributed by atoms with Gasteiger partial charge in [0.25, 0.3) is 0 Å². The molecule has 0 aliphatic carbocycles. The number of hydrogen-bond acceptors (Lipinski definition) is 3. The third-order valence-corrected chi connectivity index (χ3v) is 4.00. The molecule has 0 bridgehead atoms. The van der Waals surface area contributed by atoms with Crippen molar-refractivity contribution >= 4 is 45.1 Å². The van der Waals surface area contributed by atoms with Crippen molar-refractivity contribution in [3.8, 4) is 5.75 Å². The smallest absolute Gasteiger partial charge is 0.347 e. The van der Waals surface area contributed by atoms with Crippen LogP contribution in [0.2, 0.25) is 5.02 Å². The number of amides is 1. The second kappa shape index (κ2) is 7.89. The second-order valence-corrected chi connectivity index (χ2v) is 7.30. The predicted octanol–water partition coefficient (Wildman–Crippen LogP) is 4.53. The van der Waals surface area contributed by atoms with Crippen LogP contribution in [0.3, 0.4) is 0 Å². The fourth-order valence-corrected chi connectivity index (χ4v) is 2.89. The first kappa shape index (κ1) is 19.3. The molecular formula is C18H17BrClNO4. The lowest BCUT2D eigenvalue weighted by molar-refractivity contribution is -0.152. The van der Waals surface area contributed by atoms with Crippen LogP contribution in [0.15, 0.2) is 46.9 Å². The van der Waals surface area contributed by atoms with Crippen molar-refractivity contribution in [2.75, 3.05) is 5.32 Å². The first-order valence-corrected chi connectivity index (χ1v) is 8.60. The SMILES string of the molecule is CC(C)(Oc1ccc(CC(=O)Nc2cc(Cl)cc(Br)c2)cc1)C(=O)O. The van der Waals surface area contributed by atoms with Gasteiger partial charge in [-0.05, 0) is 49.7 Å². The Morgan fingerprint density at radius 3 is 2.40 bits per heavy atom. The zero-order valence-electron chi connectivity index (χ0n) is 13.7. The van der Waals surface area contributed by atoms with Gasteiger partial charge >= 0.3 is 5.97 Å². The van der Waals surface area contributed by atoms with Crippen molar-refractivity contribution in [1.29, 1.82) is 0 Å². The van der Waals surface area contributed by atoms with Crippen LogP contribution < -0.4 is 10.1 Å². The van der Waals surface area contributed by atoms with Crippen LogP contribution in [0.4, 0.5) is 5.69 Å². The highest BCUT2D eigenvalue weighted by Gasteiger charge is 2.29. The maximum atomic E-state index is 12.1. The summed E-state index contributed by atoms with van der Waals surface area (Å²) in [4.78, 5) is 23.2. The van der Waals surface area contributed by atoms with E-state index in [2.05, 4.69) is 21.2 Å². The van der Waals surface area contributed by atoms with Crippen molar-refractivity contribution in [2.24, 2.45) is 0 Å². The predicted molar refractivity (Wildman–Crippen MR) is 100 cm³/mol. The fourth-order valence-electron chi connectivity index (χ4n) is 2.03. The molecule has 0 aliphatic heterocycles. The highest BCUT2D eigenvalue weighted by atomic mass is 79.9. The summed E-state index contributed by atoms with van der Waals surface area (Å²) >= 11 is 9.27. The summed E-state index contributed by atoms with van der Waals surface area (Å²) in [5.74, 6) is -0.812. The van der Waals surface area contributed by atoms with Gasteiger partial charge in [0.15, 0.2) is 5.60 Å². The van der Waals surface area contributed by atoms with E-state index in [1.807, 2.05) is 0 Å². The van der Waals surface area contributed by atoms with Gasteiger partial charge < -0.3 is 15.2 Å². The van der Waals surface area contributed by atoms with Gasteiger partial charge in [0.1, 0.15) is 5.75 Å². The third-order valence-electron chi connectivity index (χ3n) is 3.32. The Morgan fingerprint density at radius 2 is 1.84 bits per heavy atom. The molecule has 5 nitrogen and oxygen atoms in total. The number of carboxylic acids is 1. The Hall–Kier alpha value is -2.05. The molecule has 0 aromatic heterocycles. The molecular weight excluding hydrogens is 410 g/mol. The van der Waals surface area contributed by atoms with E-state index in [0.29, 0.717) is 16.5 Å². The lowest BCUT2D eigenvalue weighted by atomic mass is 10.1. The molecule has 0 heterocycles. The first-order chi connectivity index (χ1) is 11.7. The minimum atomic E-state index is -1.32. The fraction of sp³-hybridized carbons (Fsp3) is 0.222. The molecule has 0 unspecified atom stereocenters. The van der Waals surface area contributed by atoms with Gasteiger partial charge in [0, 0.05) is 15.2 Å². The maximum absolute atomic E-state index is 12.1. The van der Waals surface area contributed by atoms with Gasteiger partial charge in [0.05, 0.1) is 6.42 Å². The summed E-state index contributed by atoms with van der Waals surface area (Å²) < 4.78 is 6.20. The molecule has 0 saturated carbocycles. The quantitative estimate of drug-likeness (QED) is 0.712. The van der Waals surface area contributed by atoms with E-state index in [0.717, 1.165) is 10.0 Å². The van der Waals surface area contributed by atoms with E-state index >= 15 is 0 Å². The molecule has 132 valence electrons. The number of halogens is 2. The van der Waals surface area contributed by atoms with Gasteiger partial charge in [-0.2, -0.15) is 0 Å². The van der Waals surface area contributed by atoms with E-state index in [-0.39, 0.29) is 12.3 Å². The molecule has 0 fully saturated rings. The van der Waals surface area contributed by atoms with Crippen molar-refractivity contribution in [2.45, 2.75) is 25.9 Å². The normalized spacial score (nSPS) is 11.0. The zero-order valence-corrected chi connectivity index (χ0v) is 16.0. The molecule has 0 spiro atoms. The van der Waals surface area contributed by atoms with Crippen LogP contribution in [-0.2, 0) is 16.0 Å². The Morgan fingerprint density at radius 1 is 1.20 bits per heavy atom. The lowest BCUT2D eigenvalue weighted by Gasteiger charge is -2.21. The molecule has 0 saturated heterocycles. The van der Waals surface area contributed by atoms with Crippen molar-refractivity contribution in [3.05, 3.63) is 57.5 Å². The number of aliphatic carboxylic acids is 1. The molecule has 2 aromatic rings. The van der Waals surface area contributed by atoms with Crippen LogP contribution in [0, 0.1) is 0 Å². The van der Waals surface area contributed by atoms with Crippen molar-refractivity contribution < 1.29 is 19.4 Å². The number of rotatable bonds is 6. The monoisotopic (exact) mass is 425 g/mol. The van der Waals surface area contributed by atoms with E-state index in [9.17, 15) is 9.59 Å². The average Bonchev–Trinajstić information content (AvgIpc) is 2.47. The Bertz CT molecular complexity index is 770. The van der Waals surface area contributed by atoms with Gasteiger partial charge in [-0.25, -0.2) is 4.79 Å². The Kier molecular flexibility index (Phi) is 6.08. The van der Waals surface area contributed by atoms with Gasteiger partial charge in [-0.15, -0.1) is 0 Å². The van der Waals surface area contributed by atoms with Crippen LogP contribution in [0.5, 0.6) is 5.75 Å². The topological polar surface area (TPSA) is 75.6 Å². The second-order valence-electron chi connectivity index (χ2n) is 5.94. The average molecular weight is 427 g/mol. The standard InChI is InChI=1S/C18H17BrClNO4/c1-18(2,17(23)24)25-15-5-3-11(4-6-15)7-16(22)21-14-9-12(19)8-13(20)10-14/h3-6,8-10H,7H2,1-2H3,(H,21,22)(H,23,24). The number of nitrogens with one attached hydrogen (secondary N) is 1. The molecule has 0 atom stereocenters. The zero-order chi connectivity index (χ0) is 18.6. The highest BCUT2D eigenvalue weighted by Crippen LogP contribution is 2.23. The number of benzene rings is 2. The third kappa shape index (κ3) is 5.76. The lowest BCUT2D eigenvalue weighted by Crippen LogP contribution is -2.37. The number of hydrogen-bond donors (Lipinski definition) is 2. The summed E-state index contributed by atoms with van der Waals surface area (Å²) in [6.07, 6.45) is 0.173. The summed E-state index contributed by atoms with van der Waals surface area (Å²) in [7, 11) is 0. The number of carbonyl (C=O) groups excluding carboxylic acids is 1. The number of ether oxygens (including phenoxy) is 1. The minimum absolute atomic E-state index is 0.173. The number of carboxylic acid groups (broad SMARTS) is 1. The van der Waals surface area contributed by atoms with E-state index in [1.165, 1.54) is 13.8 Å². The summed E-state index contributed by atoms with van der Waals surface area (Å²) in [5.41, 5.74) is 0.0605. The van der Waals surface area contributed by atoms with Gasteiger partial charge in [0.2, 0.25) is 5.91 Å². The molecule has 0 radical (unpaired) electrons. The summed E-state index contributed by atoms with van der Waals surface area (Å²) in [6.45, 7) is 2.94.